The lowest BCUT2D eigenvalue weighted by Crippen LogP contribution is -1.95. The van der Waals surface area contributed by atoms with E-state index in [2.05, 4.69) is 4.98 Å². The molecule has 0 radical (unpaired) electrons. The van der Waals surface area contributed by atoms with Crippen LogP contribution < -0.4 is 0 Å². The number of fused-ring (bicyclic) bond motifs is 1. The maximum Gasteiger partial charge on any atom is 0.135 e. The second kappa shape index (κ2) is 5.85. The number of aromatic nitrogens is 1. The van der Waals surface area contributed by atoms with Gasteiger partial charge in [0.15, 0.2) is 0 Å². The minimum atomic E-state index is -0.614. The first-order chi connectivity index (χ1) is 11.7. The SMILES string of the molecule is Fc1cccc(F)c1-c1cc(-c2ccccc2)c2ccccc2n1. The van der Waals surface area contributed by atoms with Gasteiger partial charge in [0.25, 0.3) is 0 Å². The Morgan fingerprint density at radius 3 is 2.08 bits per heavy atom. The van der Waals surface area contributed by atoms with Crippen molar-refractivity contribution in [2.75, 3.05) is 0 Å². The van der Waals surface area contributed by atoms with E-state index >= 15 is 0 Å². The van der Waals surface area contributed by atoms with Gasteiger partial charge in [0.05, 0.1) is 16.8 Å². The number of hydrogen-bond donors (Lipinski definition) is 0. The van der Waals surface area contributed by atoms with Crippen LogP contribution in [0.25, 0.3) is 33.3 Å². The molecule has 116 valence electrons. The van der Waals surface area contributed by atoms with Crippen LogP contribution in [0.1, 0.15) is 0 Å². The lowest BCUT2D eigenvalue weighted by atomic mass is 9.98. The van der Waals surface area contributed by atoms with Crippen LogP contribution in [0.15, 0.2) is 78.9 Å². The molecule has 0 atom stereocenters. The zero-order valence-electron chi connectivity index (χ0n) is 12.7. The van der Waals surface area contributed by atoms with E-state index in [9.17, 15) is 8.78 Å². The molecule has 3 heteroatoms. The molecule has 0 aliphatic heterocycles. The third kappa shape index (κ3) is 2.44. The van der Waals surface area contributed by atoms with Crippen LogP contribution in [0.3, 0.4) is 0 Å². The predicted octanol–water partition coefficient (Wildman–Crippen LogP) is 5.85. The first-order valence-electron chi connectivity index (χ1n) is 7.63. The number of halogens is 2. The molecule has 1 aromatic heterocycles. The summed E-state index contributed by atoms with van der Waals surface area (Å²) in [6.07, 6.45) is 0. The summed E-state index contributed by atoms with van der Waals surface area (Å²) in [5.41, 5.74) is 2.79. The molecule has 0 aliphatic carbocycles. The molecule has 0 fully saturated rings. The van der Waals surface area contributed by atoms with Crippen molar-refractivity contribution < 1.29 is 8.78 Å². The minimum absolute atomic E-state index is 0.0968. The Balaban J connectivity index is 2.06. The first-order valence-corrected chi connectivity index (χ1v) is 7.63. The highest BCUT2D eigenvalue weighted by atomic mass is 19.1. The molecule has 3 aromatic carbocycles. The summed E-state index contributed by atoms with van der Waals surface area (Å²) in [5, 5.41) is 0.948. The van der Waals surface area contributed by atoms with E-state index in [1.165, 1.54) is 18.2 Å². The maximum absolute atomic E-state index is 14.2. The standard InChI is InChI=1S/C21H13F2N/c22-17-10-6-11-18(23)21(17)20-13-16(14-7-2-1-3-8-14)15-9-4-5-12-19(15)24-20/h1-13H. The van der Waals surface area contributed by atoms with Crippen LogP contribution in [0.2, 0.25) is 0 Å². The number of pyridine rings is 1. The molecule has 0 saturated heterocycles. The Labute approximate surface area is 138 Å². The van der Waals surface area contributed by atoms with Gasteiger partial charge in [-0.2, -0.15) is 0 Å². The number of benzene rings is 3. The van der Waals surface area contributed by atoms with Gasteiger partial charge in [-0.05, 0) is 35.4 Å². The highest BCUT2D eigenvalue weighted by molar-refractivity contribution is 5.96. The fraction of sp³-hybridized carbons (Fsp3) is 0. The topological polar surface area (TPSA) is 12.9 Å². The average Bonchev–Trinajstić information content (AvgIpc) is 2.62. The number of para-hydroxylation sites is 1. The van der Waals surface area contributed by atoms with Gasteiger partial charge in [0.1, 0.15) is 11.6 Å². The molecule has 1 nitrogen and oxygen atoms in total. The zero-order chi connectivity index (χ0) is 16.5. The number of nitrogens with zero attached hydrogens (tertiary/aromatic N) is 1. The van der Waals surface area contributed by atoms with Crippen LogP contribution >= 0.6 is 0 Å². The van der Waals surface area contributed by atoms with Crippen LogP contribution in [-0.4, -0.2) is 4.98 Å². The fourth-order valence-corrected chi connectivity index (χ4v) is 2.90. The summed E-state index contributed by atoms with van der Waals surface area (Å²) >= 11 is 0. The molecule has 4 rings (SSSR count). The van der Waals surface area contributed by atoms with Crippen LogP contribution in [0.5, 0.6) is 0 Å². The smallest absolute Gasteiger partial charge is 0.135 e. The van der Waals surface area contributed by atoms with Crippen LogP contribution in [0.4, 0.5) is 8.78 Å². The fourth-order valence-electron chi connectivity index (χ4n) is 2.90. The van der Waals surface area contributed by atoms with E-state index in [1.54, 1.807) is 6.07 Å². The predicted molar refractivity (Wildman–Crippen MR) is 92.5 cm³/mol. The van der Waals surface area contributed by atoms with E-state index in [4.69, 9.17) is 0 Å². The monoisotopic (exact) mass is 317 g/mol. The van der Waals surface area contributed by atoms with E-state index in [0.717, 1.165) is 16.5 Å². The second-order valence-electron chi connectivity index (χ2n) is 5.53. The Morgan fingerprint density at radius 2 is 1.33 bits per heavy atom. The van der Waals surface area contributed by atoms with Crippen LogP contribution in [0, 0.1) is 11.6 Å². The molecule has 24 heavy (non-hydrogen) atoms. The van der Waals surface area contributed by atoms with Gasteiger partial charge in [-0.15, -0.1) is 0 Å². The van der Waals surface area contributed by atoms with Crippen molar-refractivity contribution in [2.45, 2.75) is 0 Å². The summed E-state index contributed by atoms with van der Waals surface area (Å²) in [6.45, 7) is 0. The van der Waals surface area contributed by atoms with Crippen molar-refractivity contribution in [3.63, 3.8) is 0 Å². The van der Waals surface area contributed by atoms with Crippen molar-refractivity contribution in [3.05, 3.63) is 90.5 Å². The van der Waals surface area contributed by atoms with E-state index < -0.39 is 11.6 Å². The summed E-state index contributed by atoms with van der Waals surface area (Å²) < 4.78 is 28.4. The zero-order valence-corrected chi connectivity index (χ0v) is 12.7. The van der Waals surface area contributed by atoms with E-state index in [0.29, 0.717) is 11.2 Å². The van der Waals surface area contributed by atoms with E-state index in [-0.39, 0.29) is 5.56 Å². The molecule has 0 unspecified atom stereocenters. The van der Waals surface area contributed by atoms with Gasteiger partial charge < -0.3 is 0 Å². The number of rotatable bonds is 2. The minimum Gasteiger partial charge on any atom is -0.248 e. The Bertz CT molecular complexity index is 1010. The molecule has 1 heterocycles. The summed E-state index contributed by atoms with van der Waals surface area (Å²) in [6, 6.07) is 23.0. The summed E-state index contributed by atoms with van der Waals surface area (Å²) in [4.78, 5) is 4.47. The molecule has 0 saturated carbocycles. The molecule has 0 aliphatic rings. The Kier molecular flexibility index (Phi) is 3.54. The molecule has 0 spiro atoms. The van der Waals surface area contributed by atoms with Gasteiger partial charge in [0.2, 0.25) is 0 Å². The highest BCUT2D eigenvalue weighted by Gasteiger charge is 2.15. The molecular formula is C21H13F2N. The Morgan fingerprint density at radius 1 is 0.667 bits per heavy atom. The van der Waals surface area contributed by atoms with Gasteiger partial charge >= 0.3 is 0 Å². The van der Waals surface area contributed by atoms with Crippen molar-refractivity contribution in [3.8, 4) is 22.4 Å². The van der Waals surface area contributed by atoms with Crippen LogP contribution in [-0.2, 0) is 0 Å². The van der Waals surface area contributed by atoms with Gasteiger partial charge in [-0.1, -0.05) is 54.6 Å². The molecule has 0 N–H and O–H groups in total. The molecule has 0 bridgehead atoms. The summed E-state index contributed by atoms with van der Waals surface area (Å²) in [5.74, 6) is -1.23. The van der Waals surface area contributed by atoms with Gasteiger partial charge in [-0.3, -0.25) is 0 Å². The van der Waals surface area contributed by atoms with Crippen molar-refractivity contribution in [1.29, 1.82) is 0 Å². The van der Waals surface area contributed by atoms with Gasteiger partial charge in [-0.25, -0.2) is 13.8 Å². The normalized spacial score (nSPS) is 10.9. The van der Waals surface area contributed by atoms with E-state index in [1.807, 2.05) is 54.6 Å². The first kappa shape index (κ1) is 14.5. The highest BCUT2D eigenvalue weighted by Crippen LogP contribution is 2.33. The van der Waals surface area contributed by atoms with Crippen molar-refractivity contribution in [2.24, 2.45) is 0 Å². The maximum atomic E-state index is 14.2. The summed E-state index contributed by atoms with van der Waals surface area (Å²) in [7, 11) is 0. The number of hydrogen-bond acceptors (Lipinski definition) is 1. The average molecular weight is 317 g/mol. The third-order valence-electron chi connectivity index (χ3n) is 4.02. The Hall–Kier alpha value is -3.07. The lowest BCUT2D eigenvalue weighted by molar-refractivity contribution is 0.589. The lowest BCUT2D eigenvalue weighted by Gasteiger charge is -2.11. The largest absolute Gasteiger partial charge is 0.248 e. The van der Waals surface area contributed by atoms with Crippen molar-refractivity contribution >= 4 is 10.9 Å². The quantitative estimate of drug-likeness (QED) is 0.452. The van der Waals surface area contributed by atoms with Crippen molar-refractivity contribution in [1.82, 2.24) is 4.98 Å². The van der Waals surface area contributed by atoms with Gasteiger partial charge in [0, 0.05) is 5.39 Å². The molecule has 0 amide bonds. The molecule has 4 aromatic rings. The second-order valence-corrected chi connectivity index (χ2v) is 5.53. The molecular weight excluding hydrogens is 304 g/mol. The third-order valence-corrected chi connectivity index (χ3v) is 4.02.